The molecule has 0 radical (unpaired) electrons. The van der Waals surface area contributed by atoms with Gasteiger partial charge in [0.15, 0.2) is 11.5 Å². The van der Waals surface area contributed by atoms with Crippen molar-refractivity contribution in [2.24, 2.45) is 14.1 Å². The Bertz CT molecular complexity index is 1590. The summed E-state index contributed by atoms with van der Waals surface area (Å²) in [6.45, 7) is 0.647. The van der Waals surface area contributed by atoms with E-state index in [-0.39, 0.29) is 22.7 Å². The van der Waals surface area contributed by atoms with Crippen LogP contribution in [0.25, 0.3) is 22.4 Å². The molecule has 0 aliphatic carbocycles. The molecular weight excluding hydrogens is 478 g/mol. The predicted octanol–water partition coefficient (Wildman–Crippen LogP) is 2.77. The quantitative estimate of drug-likeness (QED) is 0.305. The topological polar surface area (TPSA) is 99.3 Å². The zero-order valence-corrected chi connectivity index (χ0v) is 21.0. The lowest BCUT2D eigenvalue weighted by atomic mass is 10.0. The fourth-order valence-electron chi connectivity index (χ4n) is 4.40. The van der Waals surface area contributed by atoms with Crippen molar-refractivity contribution in [3.05, 3.63) is 74.9 Å². The van der Waals surface area contributed by atoms with Crippen molar-refractivity contribution in [3.8, 4) is 17.1 Å². The number of anilines is 1. The van der Waals surface area contributed by atoms with Crippen molar-refractivity contribution >= 4 is 34.4 Å². The van der Waals surface area contributed by atoms with Crippen LogP contribution in [0.1, 0.15) is 12.0 Å². The maximum Gasteiger partial charge on any atom is 0.332 e. The lowest BCUT2D eigenvalue weighted by Crippen LogP contribution is -2.38. The number of thioether (sulfide) groups is 1. The number of fused-ring (bicyclic) bond motifs is 2. The highest BCUT2D eigenvalue weighted by Gasteiger charge is 2.24. The fourth-order valence-corrected chi connectivity index (χ4v) is 5.29. The molecule has 1 aliphatic heterocycles. The minimum Gasteiger partial charge on any atom is -0.497 e. The van der Waals surface area contributed by atoms with E-state index in [1.54, 1.807) is 31.2 Å². The fraction of sp³-hybridized carbons (Fsp3) is 0.269. The average Bonchev–Trinajstić information content (AvgIpc) is 2.92. The van der Waals surface area contributed by atoms with Gasteiger partial charge >= 0.3 is 5.69 Å². The van der Waals surface area contributed by atoms with Crippen molar-refractivity contribution in [2.45, 2.75) is 17.9 Å². The third kappa shape index (κ3) is 4.17. The number of nitrogens with zero attached hydrogens (tertiary/aromatic N) is 5. The first-order valence-corrected chi connectivity index (χ1v) is 12.5. The Hall–Kier alpha value is -3.92. The summed E-state index contributed by atoms with van der Waals surface area (Å²) in [5.74, 6) is 1.06. The minimum absolute atomic E-state index is 0.0634. The van der Waals surface area contributed by atoms with Crippen LogP contribution in [-0.2, 0) is 25.3 Å². The Morgan fingerprint density at radius 3 is 2.53 bits per heavy atom. The molecule has 1 aliphatic rings. The number of carbonyl (C=O) groups excluding carboxylic acids is 1. The summed E-state index contributed by atoms with van der Waals surface area (Å²) in [6.07, 6.45) is 1.84. The summed E-state index contributed by atoms with van der Waals surface area (Å²) in [7, 11) is 4.57. The Morgan fingerprint density at radius 2 is 1.78 bits per heavy atom. The molecule has 4 aromatic rings. The molecule has 0 saturated carbocycles. The highest BCUT2D eigenvalue weighted by Crippen LogP contribution is 2.30. The lowest BCUT2D eigenvalue weighted by molar-refractivity contribution is -0.116. The van der Waals surface area contributed by atoms with Crippen LogP contribution in [-0.4, -0.2) is 44.4 Å². The normalized spacial score (nSPS) is 13.0. The van der Waals surface area contributed by atoms with Crippen molar-refractivity contribution in [1.82, 2.24) is 19.1 Å². The van der Waals surface area contributed by atoms with Gasteiger partial charge in [-0.2, -0.15) is 0 Å². The van der Waals surface area contributed by atoms with Crippen LogP contribution in [0.15, 0.2) is 63.1 Å². The summed E-state index contributed by atoms with van der Waals surface area (Å²) in [4.78, 5) is 50.0. The number of para-hydroxylation sites is 1. The largest absolute Gasteiger partial charge is 0.497 e. The molecule has 2 aromatic heterocycles. The Morgan fingerprint density at radius 1 is 1.03 bits per heavy atom. The van der Waals surface area contributed by atoms with E-state index in [0.29, 0.717) is 28.7 Å². The van der Waals surface area contributed by atoms with Crippen molar-refractivity contribution < 1.29 is 9.53 Å². The third-order valence-corrected chi connectivity index (χ3v) is 7.32. The monoisotopic (exact) mass is 503 g/mol. The van der Waals surface area contributed by atoms with Gasteiger partial charge in [0.05, 0.1) is 12.9 Å². The van der Waals surface area contributed by atoms with Gasteiger partial charge in [-0.25, -0.2) is 14.8 Å². The van der Waals surface area contributed by atoms with Gasteiger partial charge in [0.25, 0.3) is 5.56 Å². The number of ether oxygens (including phenoxy) is 1. The highest BCUT2D eigenvalue weighted by molar-refractivity contribution is 8.00. The molecular formula is C26H25N5O4S. The highest BCUT2D eigenvalue weighted by atomic mass is 32.2. The second-order valence-corrected chi connectivity index (χ2v) is 9.52. The van der Waals surface area contributed by atoms with Gasteiger partial charge in [0, 0.05) is 31.9 Å². The van der Waals surface area contributed by atoms with Crippen LogP contribution in [0, 0.1) is 0 Å². The van der Waals surface area contributed by atoms with Crippen molar-refractivity contribution in [3.63, 3.8) is 0 Å². The van der Waals surface area contributed by atoms with Crippen LogP contribution in [0.4, 0.5) is 5.69 Å². The van der Waals surface area contributed by atoms with E-state index in [9.17, 15) is 14.4 Å². The van der Waals surface area contributed by atoms with Crippen LogP contribution < -0.4 is 20.9 Å². The van der Waals surface area contributed by atoms with Crippen LogP contribution in [0.2, 0.25) is 0 Å². The summed E-state index contributed by atoms with van der Waals surface area (Å²) in [5.41, 5.74) is 2.03. The molecule has 0 saturated heterocycles. The molecule has 3 heterocycles. The average molecular weight is 504 g/mol. The van der Waals surface area contributed by atoms with E-state index >= 15 is 0 Å². The number of carbonyl (C=O) groups is 1. The molecule has 0 atom stereocenters. The molecule has 5 rings (SSSR count). The molecule has 0 N–H and O–H groups in total. The number of aromatic nitrogens is 4. The number of hydrogen-bond acceptors (Lipinski definition) is 7. The standard InChI is InChI=1S/C26H25N5O4S/c1-29-23-21(25(33)30(2)26(29)34)24(28-22(27-23)17-10-12-18(35-3)13-11-17)36-15-20(32)31-14-6-8-16-7-4-5-9-19(16)31/h4-5,7,9-13H,6,8,14-15H2,1-3H3. The molecule has 36 heavy (non-hydrogen) atoms. The first-order chi connectivity index (χ1) is 17.4. The maximum atomic E-state index is 13.3. The van der Waals surface area contributed by atoms with Crippen molar-refractivity contribution in [2.75, 3.05) is 24.3 Å². The number of aryl methyl sites for hydroxylation is 2. The first kappa shape index (κ1) is 23.8. The summed E-state index contributed by atoms with van der Waals surface area (Å²) in [6, 6.07) is 15.1. The number of benzene rings is 2. The van der Waals surface area contributed by atoms with Gasteiger partial charge in [-0.15, -0.1) is 0 Å². The zero-order valence-electron chi connectivity index (χ0n) is 20.2. The molecule has 2 aromatic carbocycles. The second-order valence-electron chi connectivity index (χ2n) is 8.55. The Kier molecular flexibility index (Phi) is 6.36. The lowest BCUT2D eigenvalue weighted by Gasteiger charge is -2.29. The van der Waals surface area contributed by atoms with E-state index in [4.69, 9.17) is 4.74 Å². The summed E-state index contributed by atoms with van der Waals surface area (Å²) in [5, 5.41) is 0.578. The number of rotatable bonds is 5. The van der Waals surface area contributed by atoms with Crippen molar-refractivity contribution in [1.29, 1.82) is 0 Å². The van der Waals surface area contributed by atoms with E-state index < -0.39 is 11.2 Å². The molecule has 184 valence electrons. The van der Waals surface area contributed by atoms with Gasteiger partial charge < -0.3 is 9.64 Å². The van der Waals surface area contributed by atoms with Gasteiger partial charge in [0.2, 0.25) is 5.91 Å². The zero-order chi connectivity index (χ0) is 25.4. The predicted molar refractivity (Wildman–Crippen MR) is 140 cm³/mol. The number of hydrogen-bond donors (Lipinski definition) is 0. The minimum atomic E-state index is -0.493. The molecule has 0 spiro atoms. The smallest absolute Gasteiger partial charge is 0.332 e. The van der Waals surface area contributed by atoms with Gasteiger partial charge in [-0.1, -0.05) is 30.0 Å². The number of methoxy groups -OCH3 is 1. The molecule has 0 unspecified atom stereocenters. The van der Waals surface area contributed by atoms with E-state index in [1.165, 1.54) is 23.4 Å². The summed E-state index contributed by atoms with van der Waals surface area (Å²) >= 11 is 1.18. The van der Waals surface area contributed by atoms with Gasteiger partial charge in [-0.3, -0.25) is 18.7 Å². The van der Waals surface area contributed by atoms with Gasteiger partial charge in [0.1, 0.15) is 16.2 Å². The van der Waals surface area contributed by atoms with Crippen LogP contribution in [0.5, 0.6) is 5.75 Å². The molecule has 1 amide bonds. The second kappa shape index (κ2) is 9.62. The van der Waals surface area contributed by atoms with Crippen LogP contribution in [0.3, 0.4) is 0 Å². The van der Waals surface area contributed by atoms with E-state index in [0.717, 1.165) is 28.7 Å². The van der Waals surface area contributed by atoms with E-state index in [1.807, 2.05) is 36.4 Å². The molecule has 9 nitrogen and oxygen atoms in total. The molecule has 0 fully saturated rings. The third-order valence-electron chi connectivity index (χ3n) is 6.36. The Balaban J connectivity index is 1.56. The SMILES string of the molecule is COc1ccc(-c2nc(SCC(=O)N3CCCc4ccccc43)c3c(=O)n(C)c(=O)n(C)c3n2)cc1. The molecule has 0 bridgehead atoms. The van der Waals surface area contributed by atoms with Gasteiger partial charge in [-0.05, 0) is 48.7 Å². The van der Waals surface area contributed by atoms with Crippen LogP contribution >= 0.6 is 11.8 Å². The number of amides is 1. The molecule has 10 heteroatoms. The van der Waals surface area contributed by atoms with E-state index in [2.05, 4.69) is 9.97 Å². The first-order valence-electron chi connectivity index (χ1n) is 11.5. The maximum absolute atomic E-state index is 13.3. The Labute approximate surface area is 211 Å². The summed E-state index contributed by atoms with van der Waals surface area (Å²) < 4.78 is 7.60.